The van der Waals surface area contributed by atoms with Crippen LogP contribution < -0.4 is 4.74 Å². The van der Waals surface area contributed by atoms with Crippen molar-refractivity contribution in [2.45, 2.75) is 45.9 Å². The maximum Gasteiger partial charge on any atom is 0.412 e. The highest BCUT2D eigenvalue weighted by atomic mass is 16.7. The lowest BCUT2D eigenvalue weighted by Crippen LogP contribution is -2.56. The molecule has 0 radical (unpaired) electrons. The van der Waals surface area contributed by atoms with Crippen molar-refractivity contribution in [2.24, 2.45) is 0 Å². The number of benzene rings is 1. The molecule has 2 heterocycles. The summed E-state index contributed by atoms with van der Waals surface area (Å²) in [6, 6.07) is 6.57. The van der Waals surface area contributed by atoms with Gasteiger partial charge in [0.25, 0.3) is 0 Å². The molecule has 38 heavy (non-hydrogen) atoms. The van der Waals surface area contributed by atoms with Crippen molar-refractivity contribution in [1.29, 1.82) is 0 Å². The number of nitrogens with zero attached hydrogens (tertiary/aromatic N) is 3. The Morgan fingerprint density at radius 3 is 2.29 bits per heavy atom. The first-order valence-corrected chi connectivity index (χ1v) is 12.7. The van der Waals surface area contributed by atoms with Crippen molar-refractivity contribution < 1.29 is 42.9 Å². The number of ether oxygens (including phenoxy) is 4. The van der Waals surface area contributed by atoms with Crippen LogP contribution in [0.25, 0.3) is 0 Å². The summed E-state index contributed by atoms with van der Waals surface area (Å²) in [5.74, 6) is -0.846. The number of hydrogen-bond donors (Lipinski definition) is 0. The summed E-state index contributed by atoms with van der Waals surface area (Å²) in [5.41, 5.74) is 0.450. The van der Waals surface area contributed by atoms with E-state index in [9.17, 15) is 24.0 Å². The van der Waals surface area contributed by atoms with E-state index in [1.165, 1.54) is 13.8 Å². The summed E-state index contributed by atoms with van der Waals surface area (Å²) in [5, 5.41) is 0. The van der Waals surface area contributed by atoms with Crippen LogP contribution in [0.15, 0.2) is 24.3 Å². The molecule has 1 aromatic carbocycles. The Kier molecular flexibility index (Phi) is 10.5. The van der Waals surface area contributed by atoms with Gasteiger partial charge in [0.2, 0.25) is 12.2 Å². The molecule has 2 aliphatic rings. The number of piperazine rings is 1. The van der Waals surface area contributed by atoms with E-state index in [0.717, 1.165) is 0 Å². The van der Waals surface area contributed by atoms with Crippen molar-refractivity contribution in [3.63, 3.8) is 0 Å². The van der Waals surface area contributed by atoms with Gasteiger partial charge in [0, 0.05) is 51.6 Å². The number of likely N-dealkylation sites (tertiary alicyclic amines) is 1. The van der Waals surface area contributed by atoms with Crippen LogP contribution in [0.5, 0.6) is 5.75 Å². The summed E-state index contributed by atoms with van der Waals surface area (Å²) in [6.07, 6.45) is -0.106. The third-order valence-electron chi connectivity index (χ3n) is 6.36. The average molecular weight is 534 g/mol. The Bertz CT molecular complexity index is 1010. The van der Waals surface area contributed by atoms with Crippen LogP contribution >= 0.6 is 0 Å². The maximum absolute atomic E-state index is 12.8. The van der Waals surface area contributed by atoms with E-state index >= 15 is 0 Å². The van der Waals surface area contributed by atoms with E-state index < -0.39 is 24.3 Å². The topological polar surface area (TPSA) is 132 Å². The second-order valence-corrected chi connectivity index (χ2v) is 9.11. The fraction of sp³-hybridized carbons (Fsp3) is 0.577. The molecule has 2 amide bonds. The Morgan fingerprint density at radius 2 is 1.68 bits per heavy atom. The molecule has 0 saturated carbocycles. The van der Waals surface area contributed by atoms with E-state index in [4.69, 9.17) is 18.9 Å². The number of hydrogen-bond acceptors (Lipinski definition) is 10. The van der Waals surface area contributed by atoms with Crippen molar-refractivity contribution >= 4 is 29.7 Å². The Morgan fingerprint density at radius 1 is 1.00 bits per heavy atom. The molecule has 0 spiro atoms. The van der Waals surface area contributed by atoms with Gasteiger partial charge in [-0.1, -0.05) is 0 Å². The summed E-state index contributed by atoms with van der Waals surface area (Å²) in [6.45, 7) is 6.74. The molecule has 0 aliphatic carbocycles. The van der Waals surface area contributed by atoms with E-state index in [0.29, 0.717) is 50.3 Å². The number of rotatable bonds is 10. The molecule has 12 nitrogen and oxygen atoms in total. The molecule has 1 atom stereocenters. The van der Waals surface area contributed by atoms with Crippen LogP contribution in [0.3, 0.4) is 0 Å². The number of Topliss-reactive ketones (excluding diaryl/α,β-unsaturated/α-hetero) is 1. The Hall–Kier alpha value is -3.67. The average Bonchev–Trinajstić information content (AvgIpc) is 2.88. The SMILES string of the molecule is CCOC(=O)COc1ccc(C(=O)CN2CCN(C3CCN(C(=O)OC(C)OC(C)=O)CC3)CC2=O)cc1. The second-order valence-electron chi connectivity index (χ2n) is 9.11. The minimum absolute atomic E-state index is 0.0134. The third-order valence-corrected chi connectivity index (χ3v) is 6.36. The fourth-order valence-electron chi connectivity index (χ4n) is 4.44. The minimum atomic E-state index is -0.950. The Labute approximate surface area is 221 Å². The molecule has 2 fully saturated rings. The van der Waals surface area contributed by atoms with Crippen LogP contribution in [-0.2, 0) is 28.6 Å². The third kappa shape index (κ3) is 8.44. The predicted octanol–water partition coefficient (Wildman–Crippen LogP) is 1.47. The molecule has 1 aromatic rings. The molecule has 208 valence electrons. The largest absolute Gasteiger partial charge is 0.482 e. The Balaban J connectivity index is 1.41. The second kappa shape index (κ2) is 13.8. The first-order valence-electron chi connectivity index (χ1n) is 12.7. The molecule has 2 saturated heterocycles. The first-order chi connectivity index (χ1) is 18.2. The first kappa shape index (κ1) is 28.9. The number of amides is 2. The standard InChI is InChI=1S/C26H35N3O9/c1-4-35-25(33)17-36-22-7-5-20(6-8-22)23(31)15-29-14-13-28(16-24(29)32)21-9-11-27(12-10-21)26(34)38-19(3)37-18(2)30/h5-8,19,21H,4,9-17H2,1-3H3. The quantitative estimate of drug-likeness (QED) is 0.247. The van der Waals surface area contributed by atoms with Crippen LogP contribution in [0.1, 0.15) is 44.0 Å². The van der Waals surface area contributed by atoms with Crippen LogP contribution in [0.2, 0.25) is 0 Å². The van der Waals surface area contributed by atoms with Gasteiger partial charge < -0.3 is 28.7 Å². The van der Waals surface area contributed by atoms with Crippen molar-refractivity contribution in [3.8, 4) is 5.75 Å². The summed E-state index contributed by atoms with van der Waals surface area (Å²) in [7, 11) is 0. The van der Waals surface area contributed by atoms with Gasteiger partial charge in [0.1, 0.15) is 5.75 Å². The lowest BCUT2D eigenvalue weighted by atomic mass is 10.0. The molecular weight excluding hydrogens is 498 g/mol. The molecular formula is C26H35N3O9. The van der Waals surface area contributed by atoms with E-state index in [2.05, 4.69) is 4.90 Å². The normalized spacial score (nSPS) is 17.5. The molecule has 1 unspecified atom stereocenters. The van der Waals surface area contributed by atoms with Gasteiger partial charge in [-0.15, -0.1) is 0 Å². The molecule has 0 bridgehead atoms. The number of carbonyl (C=O) groups is 5. The lowest BCUT2D eigenvalue weighted by molar-refractivity contribution is -0.163. The number of esters is 2. The molecule has 12 heteroatoms. The lowest BCUT2D eigenvalue weighted by Gasteiger charge is -2.42. The summed E-state index contributed by atoms with van der Waals surface area (Å²) in [4.78, 5) is 65.4. The van der Waals surface area contributed by atoms with Crippen LogP contribution in [0, 0.1) is 0 Å². The van der Waals surface area contributed by atoms with Crippen molar-refractivity contribution in [3.05, 3.63) is 29.8 Å². The van der Waals surface area contributed by atoms with Gasteiger partial charge in [-0.05, 0) is 44.0 Å². The number of ketones is 1. The summed E-state index contributed by atoms with van der Waals surface area (Å²) < 4.78 is 20.1. The van der Waals surface area contributed by atoms with E-state index in [1.54, 1.807) is 41.0 Å². The number of piperidine rings is 1. The van der Waals surface area contributed by atoms with E-state index in [-0.39, 0.29) is 44.0 Å². The monoisotopic (exact) mass is 533 g/mol. The van der Waals surface area contributed by atoms with Crippen molar-refractivity contribution in [2.75, 3.05) is 52.5 Å². The van der Waals surface area contributed by atoms with Gasteiger partial charge in [0.05, 0.1) is 19.7 Å². The smallest absolute Gasteiger partial charge is 0.412 e. The van der Waals surface area contributed by atoms with Gasteiger partial charge >= 0.3 is 18.0 Å². The van der Waals surface area contributed by atoms with Crippen molar-refractivity contribution in [1.82, 2.24) is 14.7 Å². The van der Waals surface area contributed by atoms with E-state index in [1.807, 2.05) is 0 Å². The zero-order valence-corrected chi connectivity index (χ0v) is 22.1. The molecule has 2 aliphatic heterocycles. The maximum atomic E-state index is 12.8. The minimum Gasteiger partial charge on any atom is -0.482 e. The van der Waals surface area contributed by atoms with Crippen LogP contribution in [0.4, 0.5) is 4.79 Å². The van der Waals surface area contributed by atoms with Gasteiger partial charge in [-0.2, -0.15) is 0 Å². The van der Waals surface area contributed by atoms with Gasteiger partial charge in [0.15, 0.2) is 12.4 Å². The van der Waals surface area contributed by atoms with Gasteiger partial charge in [-0.25, -0.2) is 9.59 Å². The number of carbonyl (C=O) groups excluding carboxylic acids is 5. The zero-order valence-electron chi connectivity index (χ0n) is 22.1. The highest BCUT2D eigenvalue weighted by Crippen LogP contribution is 2.20. The molecule has 3 rings (SSSR count). The fourth-order valence-corrected chi connectivity index (χ4v) is 4.44. The molecule has 0 N–H and O–H groups in total. The van der Waals surface area contributed by atoms with Crippen LogP contribution in [-0.4, -0.2) is 109 Å². The predicted molar refractivity (Wildman–Crippen MR) is 133 cm³/mol. The highest BCUT2D eigenvalue weighted by molar-refractivity contribution is 5.99. The highest BCUT2D eigenvalue weighted by Gasteiger charge is 2.33. The van der Waals surface area contributed by atoms with Gasteiger partial charge in [-0.3, -0.25) is 19.3 Å². The summed E-state index contributed by atoms with van der Waals surface area (Å²) >= 11 is 0. The zero-order chi connectivity index (χ0) is 27.7. The molecule has 0 aromatic heterocycles.